The van der Waals surface area contributed by atoms with E-state index in [2.05, 4.69) is 43.1 Å². The van der Waals surface area contributed by atoms with Gasteiger partial charge in [-0.25, -0.2) is 14.6 Å². The van der Waals surface area contributed by atoms with Crippen LogP contribution in [-0.4, -0.2) is 39.0 Å². The minimum atomic E-state index is -0.230. The Hall–Kier alpha value is -4.01. The molecule has 3 aromatic rings. The van der Waals surface area contributed by atoms with Gasteiger partial charge in [-0.2, -0.15) is 10.2 Å². The Kier molecular flexibility index (Phi) is 4.50. The Morgan fingerprint density at radius 2 is 2.19 bits per heavy atom. The number of anilines is 2. The predicted octanol–water partition coefficient (Wildman–Crippen LogP) is 3.29. The van der Waals surface area contributed by atoms with Crippen LogP contribution < -0.4 is 10.7 Å². The van der Waals surface area contributed by atoms with E-state index in [1.165, 1.54) is 13.3 Å². The zero-order valence-corrected chi connectivity index (χ0v) is 17.1. The first-order valence-corrected chi connectivity index (χ1v) is 9.90. The number of hydrogen-bond donors (Lipinski definition) is 2. The Bertz CT molecular complexity index is 1250. The van der Waals surface area contributed by atoms with Gasteiger partial charge in [-0.05, 0) is 36.3 Å². The molecule has 9 heteroatoms. The molecule has 1 fully saturated rings. The highest BCUT2D eigenvalue weighted by atomic mass is 16.5. The van der Waals surface area contributed by atoms with Crippen molar-refractivity contribution in [2.45, 2.75) is 18.9 Å². The second-order valence-electron chi connectivity index (χ2n) is 7.60. The highest BCUT2D eigenvalue weighted by Crippen LogP contribution is 2.55. The van der Waals surface area contributed by atoms with E-state index in [0.717, 1.165) is 34.5 Å². The number of nitrogens with zero attached hydrogens (tertiary/aromatic N) is 5. The summed E-state index contributed by atoms with van der Waals surface area (Å²) in [6.07, 6.45) is 12.2. The van der Waals surface area contributed by atoms with Crippen molar-refractivity contribution in [3.63, 3.8) is 0 Å². The van der Waals surface area contributed by atoms with Crippen LogP contribution in [0.2, 0.25) is 0 Å². The van der Waals surface area contributed by atoms with E-state index in [1.54, 1.807) is 19.5 Å². The van der Waals surface area contributed by atoms with Gasteiger partial charge < -0.3 is 10.1 Å². The summed E-state index contributed by atoms with van der Waals surface area (Å²) < 4.78 is 7.37. The van der Waals surface area contributed by atoms with E-state index in [-0.39, 0.29) is 12.9 Å². The summed E-state index contributed by atoms with van der Waals surface area (Å²) in [4.78, 5) is 19.9. The maximum Gasteiger partial charge on any atom is 0.221 e. The quantitative estimate of drug-likeness (QED) is 0.471. The molecular weight excluding hydrogens is 394 g/mol. The Morgan fingerprint density at radius 1 is 1.35 bits per heavy atom. The summed E-state index contributed by atoms with van der Waals surface area (Å²) in [7, 11) is 1.67. The van der Waals surface area contributed by atoms with Crippen LogP contribution in [0.25, 0.3) is 11.0 Å². The van der Waals surface area contributed by atoms with Gasteiger partial charge in [-0.15, -0.1) is 0 Å². The van der Waals surface area contributed by atoms with Crippen LogP contribution in [0.4, 0.5) is 11.5 Å². The fourth-order valence-electron chi connectivity index (χ4n) is 3.89. The van der Waals surface area contributed by atoms with Crippen LogP contribution in [0.15, 0.2) is 65.9 Å². The van der Waals surface area contributed by atoms with E-state index in [9.17, 15) is 4.79 Å². The summed E-state index contributed by atoms with van der Waals surface area (Å²) in [5, 5.41) is 12.4. The van der Waals surface area contributed by atoms with Crippen LogP contribution in [0.3, 0.4) is 0 Å². The minimum absolute atomic E-state index is 0. The summed E-state index contributed by atoms with van der Waals surface area (Å²) in [6.45, 7) is 1.48. The molecule has 158 valence electrons. The molecule has 5 rings (SSSR count). The number of nitrogens with one attached hydrogen (secondary N) is 2. The number of allylic oxidation sites excluding steroid dienone is 3. The van der Waals surface area contributed by atoms with E-state index in [4.69, 9.17) is 4.74 Å². The molecule has 2 atom stereocenters. The van der Waals surface area contributed by atoms with Gasteiger partial charge in [0.1, 0.15) is 12.1 Å². The lowest BCUT2D eigenvalue weighted by Gasteiger charge is -2.18. The molecule has 2 heterocycles. The maximum absolute atomic E-state index is 11.1. The molecule has 0 bridgehead atoms. The predicted molar refractivity (Wildman–Crippen MR) is 120 cm³/mol. The van der Waals surface area contributed by atoms with Crippen LogP contribution >= 0.6 is 0 Å². The minimum Gasteiger partial charge on any atom is -0.497 e. The molecule has 2 aromatic heterocycles. The van der Waals surface area contributed by atoms with E-state index in [1.807, 2.05) is 35.0 Å². The number of carbonyl (C=O) groups is 1. The SMILES string of the molecule is COC1=CC2(n3ncc4c(N/N=C/c5ccc(NC(C)=O)cc5)ncnc43)CC2C=C1.[HH]. The van der Waals surface area contributed by atoms with Gasteiger partial charge in [-0.3, -0.25) is 10.2 Å². The van der Waals surface area contributed by atoms with Crippen molar-refractivity contribution in [1.29, 1.82) is 0 Å². The number of ether oxygens (including phenoxy) is 1. The molecule has 2 aliphatic carbocycles. The summed E-state index contributed by atoms with van der Waals surface area (Å²) in [5.41, 5.74) is 5.13. The average Bonchev–Trinajstić information content (AvgIpc) is 3.34. The van der Waals surface area contributed by atoms with Crippen molar-refractivity contribution in [2.75, 3.05) is 17.9 Å². The number of hydrogen-bond acceptors (Lipinski definition) is 7. The van der Waals surface area contributed by atoms with Crippen LogP contribution in [-0.2, 0) is 15.1 Å². The molecule has 9 nitrogen and oxygen atoms in total. The van der Waals surface area contributed by atoms with Crippen LogP contribution in [0.1, 0.15) is 20.3 Å². The summed E-state index contributed by atoms with van der Waals surface area (Å²) >= 11 is 0. The second-order valence-corrected chi connectivity index (χ2v) is 7.60. The first-order chi connectivity index (χ1) is 15.1. The van der Waals surface area contributed by atoms with Crippen LogP contribution in [0, 0.1) is 5.92 Å². The van der Waals surface area contributed by atoms with E-state index in [0.29, 0.717) is 11.7 Å². The third-order valence-corrected chi connectivity index (χ3v) is 5.52. The fraction of sp³-hybridized carbons (Fsp3) is 0.227. The third-order valence-electron chi connectivity index (χ3n) is 5.52. The summed E-state index contributed by atoms with van der Waals surface area (Å²) in [6, 6.07) is 7.38. The van der Waals surface area contributed by atoms with Crippen molar-refractivity contribution >= 4 is 34.7 Å². The first kappa shape index (κ1) is 19.0. The lowest BCUT2D eigenvalue weighted by Crippen LogP contribution is -2.21. The van der Waals surface area contributed by atoms with E-state index < -0.39 is 0 Å². The molecule has 1 aromatic carbocycles. The average molecular weight is 417 g/mol. The van der Waals surface area contributed by atoms with Crippen molar-refractivity contribution < 1.29 is 11.0 Å². The molecule has 1 saturated carbocycles. The van der Waals surface area contributed by atoms with Crippen molar-refractivity contribution in [3.05, 3.63) is 66.3 Å². The summed E-state index contributed by atoms with van der Waals surface area (Å²) in [5.74, 6) is 1.70. The first-order valence-electron chi connectivity index (χ1n) is 9.90. The lowest BCUT2D eigenvalue weighted by atomic mass is 10.1. The monoisotopic (exact) mass is 417 g/mol. The van der Waals surface area contributed by atoms with Gasteiger partial charge in [0.15, 0.2) is 11.5 Å². The topological polar surface area (TPSA) is 106 Å². The number of hydrazone groups is 1. The lowest BCUT2D eigenvalue weighted by molar-refractivity contribution is -0.114. The molecule has 2 aliphatic rings. The van der Waals surface area contributed by atoms with Crippen molar-refractivity contribution in [1.82, 2.24) is 19.7 Å². The number of fused-ring (bicyclic) bond motifs is 2. The van der Waals surface area contributed by atoms with Gasteiger partial charge in [0.05, 0.1) is 30.4 Å². The molecule has 0 spiro atoms. The zero-order chi connectivity index (χ0) is 21.4. The van der Waals surface area contributed by atoms with Crippen LogP contribution in [0.5, 0.6) is 0 Å². The largest absolute Gasteiger partial charge is 0.497 e. The molecule has 2 unspecified atom stereocenters. The maximum atomic E-state index is 11.1. The molecular formula is C22H23N7O2. The number of aromatic nitrogens is 4. The third kappa shape index (κ3) is 3.43. The standard InChI is InChI=1S/C22H21N7O2.H2/c1-14(30)27-17-6-3-15(4-7-17)11-25-28-20-19-12-26-29(21(19)24-13-23-20)22-9-16(22)5-8-18(10-22)31-2;/h3-8,10-13,16H,9H2,1-2H3,(H,27,30)(H,23,24,28);1H/b25-11+;. The Morgan fingerprint density at radius 3 is 2.97 bits per heavy atom. The van der Waals surface area contributed by atoms with Gasteiger partial charge >= 0.3 is 0 Å². The highest BCUT2D eigenvalue weighted by Gasteiger charge is 2.56. The van der Waals surface area contributed by atoms with Gasteiger partial charge in [0.25, 0.3) is 0 Å². The normalized spacial score (nSPS) is 21.6. The van der Waals surface area contributed by atoms with Crippen molar-refractivity contribution in [2.24, 2.45) is 11.0 Å². The Balaban J connectivity index is 0.00000245. The number of rotatable bonds is 6. The molecule has 31 heavy (non-hydrogen) atoms. The molecule has 2 N–H and O–H groups in total. The number of benzene rings is 1. The molecule has 1 amide bonds. The molecule has 0 saturated heterocycles. The van der Waals surface area contributed by atoms with Gasteiger partial charge in [-0.1, -0.05) is 18.2 Å². The fourth-order valence-corrected chi connectivity index (χ4v) is 3.89. The highest BCUT2D eigenvalue weighted by molar-refractivity contribution is 5.90. The number of amides is 1. The Labute approximate surface area is 180 Å². The number of carbonyl (C=O) groups excluding carboxylic acids is 1. The van der Waals surface area contributed by atoms with Crippen molar-refractivity contribution in [3.8, 4) is 0 Å². The molecule has 0 radical (unpaired) electrons. The molecule has 0 aliphatic heterocycles. The zero-order valence-electron chi connectivity index (χ0n) is 17.1. The second kappa shape index (κ2) is 7.35. The van der Waals surface area contributed by atoms with Gasteiger partial charge in [0.2, 0.25) is 5.91 Å². The number of methoxy groups -OCH3 is 1. The smallest absolute Gasteiger partial charge is 0.221 e. The van der Waals surface area contributed by atoms with E-state index >= 15 is 0 Å². The van der Waals surface area contributed by atoms with Gasteiger partial charge in [0, 0.05) is 20.0 Å².